The van der Waals surface area contributed by atoms with E-state index in [9.17, 15) is 0 Å². The van der Waals surface area contributed by atoms with Crippen LogP contribution in [-0.2, 0) is 0 Å². The summed E-state index contributed by atoms with van der Waals surface area (Å²) in [7, 11) is 0. The van der Waals surface area contributed by atoms with Crippen LogP contribution in [0.15, 0.2) is 0 Å². The summed E-state index contributed by atoms with van der Waals surface area (Å²) in [5, 5.41) is 8.39. The summed E-state index contributed by atoms with van der Waals surface area (Å²) in [6.07, 6.45) is 0. The third-order valence-electron chi connectivity index (χ3n) is 0.742. The van der Waals surface area contributed by atoms with Crippen molar-refractivity contribution in [2.24, 2.45) is 0 Å². The van der Waals surface area contributed by atoms with Gasteiger partial charge in [-0.05, 0) is 0 Å². The van der Waals surface area contributed by atoms with Crippen molar-refractivity contribution < 1.29 is 5.11 Å². The molecule has 0 amide bonds. The molecule has 0 radical (unpaired) electrons. The average Bonchev–Trinajstić information content (AvgIpc) is 1.65. The summed E-state index contributed by atoms with van der Waals surface area (Å²) in [4.78, 5) is 2.17. The summed E-state index contributed by atoms with van der Waals surface area (Å²) >= 11 is -1.19. The Kier molecular flexibility index (Phi) is 4.21. The molecule has 0 saturated heterocycles. The van der Waals surface area contributed by atoms with Gasteiger partial charge in [-0.3, -0.25) is 0 Å². The molecule has 0 unspecified atom stereocenters. The number of aliphatic hydroxyl groups excluding tert-OH is 1. The van der Waals surface area contributed by atoms with E-state index < -0.39 is 19.3 Å². The zero-order valence-corrected chi connectivity index (χ0v) is 7.09. The first-order valence-corrected chi connectivity index (χ1v) is 8.56. The van der Waals surface area contributed by atoms with Crippen LogP contribution in [-0.4, -0.2) is 33.0 Å². The van der Waals surface area contributed by atoms with E-state index in [4.69, 9.17) is 5.11 Å². The van der Waals surface area contributed by atoms with Crippen LogP contribution in [0.3, 0.4) is 0 Å². The van der Waals surface area contributed by atoms with Crippen molar-refractivity contribution >= 4 is 23.3 Å². The molecule has 0 bridgehead atoms. The van der Waals surface area contributed by atoms with Gasteiger partial charge in [0, 0.05) is 0 Å². The maximum atomic E-state index is 8.39. The summed E-state index contributed by atoms with van der Waals surface area (Å²) < 4.78 is 2.64. The summed E-state index contributed by atoms with van der Waals surface area (Å²) in [5.74, 6) is 0. The second-order valence-corrected chi connectivity index (χ2v) is 8.67. The van der Waals surface area contributed by atoms with Crippen molar-refractivity contribution in [3.8, 4) is 0 Å². The molecular weight excluding hydrogens is 183 g/mol. The van der Waals surface area contributed by atoms with Crippen LogP contribution in [0.25, 0.3) is 0 Å². The Hall–Kier alpha value is 0.629. The first-order chi connectivity index (χ1) is 2.81. The van der Waals surface area contributed by atoms with Gasteiger partial charge in [0.25, 0.3) is 0 Å². The Morgan fingerprint density at radius 1 is 1.83 bits per heavy atom. The van der Waals surface area contributed by atoms with Crippen molar-refractivity contribution in [2.75, 3.05) is 4.62 Å². The van der Waals surface area contributed by atoms with Crippen LogP contribution in [0.2, 0.25) is 4.94 Å². The molecule has 36 valence electrons. The van der Waals surface area contributed by atoms with E-state index in [0.29, 0.717) is 4.62 Å². The van der Waals surface area contributed by atoms with Crippen molar-refractivity contribution in [1.82, 2.24) is 0 Å². The number of rotatable bonds is 1. The molecule has 0 rings (SSSR count). The van der Waals surface area contributed by atoms with Gasteiger partial charge in [0.05, 0.1) is 0 Å². The first kappa shape index (κ1) is 6.63. The zero-order valence-electron chi connectivity index (χ0n) is 4.23. The number of hydrogen-bond donors (Lipinski definition) is 1. The Labute approximate surface area is 45.2 Å². The van der Waals surface area contributed by atoms with Gasteiger partial charge in [-0.15, -0.1) is 0 Å². The number of hydrogen-bond acceptors (Lipinski definition) is 1. The SMILES string of the molecule is C[CH]=[Sn]([CH3])[CH2]O. The monoisotopic (exact) mass is 194 g/mol. The molecule has 0 aliphatic rings. The van der Waals surface area contributed by atoms with Gasteiger partial charge in [0.1, 0.15) is 0 Å². The standard InChI is InChI=1S/C2H4.CH3O.CH3.Sn/c2*1-2;;/h1H,2H3;2H,1H2;1H3;. The zero-order chi connectivity index (χ0) is 4.99. The van der Waals surface area contributed by atoms with Crippen LogP contribution >= 0.6 is 0 Å². The molecular formula is C4H10OSn. The summed E-state index contributed by atoms with van der Waals surface area (Å²) in [5.41, 5.74) is 0. The predicted molar refractivity (Wildman–Crippen MR) is 30.4 cm³/mol. The summed E-state index contributed by atoms with van der Waals surface area (Å²) in [6.45, 7) is 2.03. The average molecular weight is 193 g/mol. The Morgan fingerprint density at radius 3 is 2.33 bits per heavy atom. The fraction of sp³-hybridized carbons (Fsp3) is 0.750. The molecule has 0 aromatic carbocycles. The van der Waals surface area contributed by atoms with Gasteiger partial charge in [-0.2, -0.15) is 0 Å². The minimum absolute atomic E-state index is 0.471. The summed E-state index contributed by atoms with van der Waals surface area (Å²) in [6, 6.07) is 0. The fourth-order valence-electron chi connectivity index (χ4n) is 0.0913. The van der Waals surface area contributed by atoms with Gasteiger partial charge in [-0.25, -0.2) is 0 Å². The molecule has 0 aliphatic heterocycles. The Morgan fingerprint density at radius 2 is 2.33 bits per heavy atom. The molecule has 6 heavy (non-hydrogen) atoms. The third kappa shape index (κ3) is 2.84. The molecule has 0 saturated carbocycles. The van der Waals surface area contributed by atoms with Gasteiger partial charge in [-0.1, -0.05) is 0 Å². The molecule has 0 atom stereocenters. The topological polar surface area (TPSA) is 20.2 Å². The van der Waals surface area contributed by atoms with Crippen LogP contribution in [0.4, 0.5) is 0 Å². The molecule has 0 heterocycles. The van der Waals surface area contributed by atoms with Crippen molar-refractivity contribution in [2.45, 2.75) is 11.9 Å². The first-order valence-electron chi connectivity index (χ1n) is 2.04. The van der Waals surface area contributed by atoms with Crippen LogP contribution in [0.5, 0.6) is 0 Å². The van der Waals surface area contributed by atoms with Crippen LogP contribution < -0.4 is 0 Å². The van der Waals surface area contributed by atoms with Crippen LogP contribution in [0, 0.1) is 0 Å². The molecule has 0 aliphatic carbocycles. The van der Waals surface area contributed by atoms with E-state index in [-0.39, 0.29) is 0 Å². The predicted octanol–water partition coefficient (Wildman–Crippen LogP) is 0.0463. The molecule has 0 fully saturated rings. The van der Waals surface area contributed by atoms with E-state index in [1.165, 1.54) is 0 Å². The van der Waals surface area contributed by atoms with E-state index in [1.54, 1.807) is 0 Å². The minimum atomic E-state index is -1.19. The van der Waals surface area contributed by atoms with Crippen molar-refractivity contribution in [1.29, 1.82) is 0 Å². The normalized spacial score (nSPS) is 12.2. The molecule has 0 spiro atoms. The molecule has 0 aromatic rings. The van der Waals surface area contributed by atoms with E-state index in [1.807, 2.05) is 6.92 Å². The molecule has 1 nitrogen and oxygen atoms in total. The molecule has 0 aromatic heterocycles. The number of aliphatic hydroxyl groups is 1. The third-order valence-corrected chi connectivity index (χ3v) is 4.98. The maximum absolute atomic E-state index is 8.39. The second kappa shape index (κ2) is 3.81. The van der Waals surface area contributed by atoms with Gasteiger partial charge >= 0.3 is 44.9 Å². The van der Waals surface area contributed by atoms with E-state index in [2.05, 4.69) is 8.96 Å². The van der Waals surface area contributed by atoms with Gasteiger partial charge < -0.3 is 0 Å². The second-order valence-electron chi connectivity index (χ2n) is 1.29. The van der Waals surface area contributed by atoms with Crippen molar-refractivity contribution in [3.05, 3.63) is 0 Å². The molecule has 2 heteroatoms. The quantitative estimate of drug-likeness (QED) is 0.583. The Balaban J connectivity index is 3.22. The Bertz CT molecular complexity index is 58.6. The van der Waals surface area contributed by atoms with E-state index >= 15 is 0 Å². The fourth-order valence-corrected chi connectivity index (χ4v) is 0.612. The van der Waals surface area contributed by atoms with Gasteiger partial charge in [0.15, 0.2) is 0 Å². The van der Waals surface area contributed by atoms with Crippen LogP contribution in [0.1, 0.15) is 6.92 Å². The van der Waals surface area contributed by atoms with E-state index in [0.717, 1.165) is 0 Å². The van der Waals surface area contributed by atoms with Gasteiger partial charge in [0.2, 0.25) is 0 Å². The molecule has 1 N–H and O–H groups in total. The van der Waals surface area contributed by atoms with Crippen molar-refractivity contribution in [3.63, 3.8) is 0 Å².